The highest BCUT2D eigenvalue weighted by Crippen LogP contribution is 2.31. The van der Waals surface area contributed by atoms with Gasteiger partial charge in [0, 0.05) is 12.6 Å². The zero-order valence-corrected chi connectivity index (χ0v) is 14.7. The maximum Gasteiger partial charge on any atom is 0.416 e. The molecule has 3 rings (SSSR count). The van der Waals surface area contributed by atoms with E-state index in [1.165, 1.54) is 36.7 Å². The number of aliphatic imine (C=N–C) groups is 3. The van der Waals surface area contributed by atoms with Crippen molar-refractivity contribution in [2.24, 2.45) is 15.0 Å². The molecule has 0 saturated heterocycles. The fourth-order valence-electron chi connectivity index (χ4n) is 2.39. The number of rotatable bonds is 4. The van der Waals surface area contributed by atoms with Crippen LogP contribution in [-0.4, -0.2) is 18.1 Å². The average Bonchev–Trinajstić information content (AvgIpc) is 3.12. The maximum atomic E-state index is 12.5. The number of hydrogen-bond donors (Lipinski definition) is 0. The largest absolute Gasteiger partial charge is 0.416 e. The Labute approximate surface area is 161 Å². The molecule has 29 heavy (non-hydrogen) atoms. The van der Waals surface area contributed by atoms with Gasteiger partial charge in [0.05, 0.1) is 40.1 Å². The molecule has 2 aromatic carbocycles. The Hall–Kier alpha value is -3.23. The topological polar surface area (TPSA) is 37.1 Å². The fourth-order valence-corrected chi connectivity index (χ4v) is 2.39. The van der Waals surface area contributed by atoms with Crippen LogP contribution in [0.5, 0.6) is 0 Å². The van der Waals surface area contributed by atoms with Crippen LogP contribution in [0.15, 0.2) is 75.3 Å². The molecule has 0 aromatic heterocycles. The normalized spacial score (nSPS) is 15.2. The lowest BCUT2D eigenvalue weighted by Crippen LogP contribution is -2.03. The summed E-state index contributed by atoms with van der Waals surface area (Å²) in [5, 5.41) is 0. The van der Waals surface area contributed by atoms with Crippen LogP contribution >= 0.6 is 0 Å². The van der Waals surface area contributed by atoms with E-state index < -0.39 is 23.5 Å². The van der Waals surface area contributed by atoms with E-state index in [-0.39, 0.29) is 0 Å². The van der Waals surface area contributed by atoms with Crippen molar-refractivity contribution in [1.82, 2.24) is 0 Å². The highest BCUT2D eigenvalue weighted by molar-refractivity contribution is 6.33. The van der Waals surface area contributed by atoms with Gasteiger partial charge in [0.1, 0.15) is 0 Å². The lowest BCUT2D eigenvalue weighted by molar-refractivity contribution is -0.138. The molecule has 1 aliphatic heterocycles. The molecule has 3 nitrogen and oxygen atoms in total. The van der Waals surface area contributed by atoms with Crippen LogP contribution < -0.4 is 0 Å². The number of halogens is 6. The van der Waals surface area contributed by atoms with Crippen molar-refractivity contribution in [3.05, 3.63) is 71.4 Å². The third kappa shape index (κ3) is 5.63. The molecule has 0 radical (unpaired) electrons. The van der Waals surface area contributed by atoms with Crippen molar-refractivity contribution in [2.45, 2.75) is 18.8 Å². The predicted octanol–water partition coefficient (Wildman–Crippen LogP) is 6.56. The molecule has 0 spiro atoms. The van der Waals surface area contributed by atoms with Gasteiger partial charge in [0.15, 0.2) is 0 Å². The molecule has 0 saturated carbocycles. The number of benzene rings is 2. The third-order valence-corrected chi connectivity index (χ3v) is 3.89. The monoisotopic (exact) mass is 409 g/mol. The van der Waals surface area contributed by atoms with Crippen molar-refractivity contribution < 1.29 is 26.3 Å². The van der Waals surface area contributed by atoms with Gasteiger partial charge in [-0.15, -0.1) is 0 Å². The molecule has 1 aliphatic rings. The Morgan fingerprint density at radius 3 is 1.59 bits per heavy atom. The first-order chi connectivity index (χ1) is 13.6. The highest BCUT2D eigenvalue weighted by atomic mass is 19.4. The first-order valence-corrected chi connectivity index (χ1v) is 8.32. The Morgan fingerprint density at radius 1 is 0.690 bits per heavy atom. The molecule has 1 heterocycles. The summed E-state index contributed by atoms with van der Waals surface area (Å²) >= 11 is 0. The third-order valence-electron chi connectivity index (χ3n) is 3.89. The van der Waals surface area contributed by atoms with Crippen molar-refractivity contribution in [1.29, 1.82) is 0 Å². The quantitative estimate of drug-likeness (QED) is 0.405. The SMILES string of the molecule is FC(F)(F)c1ccc(N=CC2=CCC(C=Nc3ccc(C(F)(F)F)cc3)=N2)cc1. The molecule has 9 heteroatoms. The second-order valence-electron chi connectivity index (χ2n) is 6.04. The fraction of sp³-hybridized carbons (Fsp3) is 0.150. The Morgan fingerprint density at radius 2 is 1.14 bits per heavy atom. The van der Waals surface area contributed by atoms with Crippen LogP contribution in [-0.2, 0) is 12.4 Å². The van der Waals surface area contributed by atoms with Crippen molar-refractivity contribution in [3.8, 4) is 0 Å². The summed E-state index contributed by atoms with van der Waals surface area (Å²) in [7, 11) is 0. The molecule has 150 valence electrons. The standard InChI is InChI=1S/C20H13F6N3/c21-19(22,23)13-1-5-15(6-2-13)27-11-17-9-10-18(29-17)12-28-16-7-3-14(4-8-16)20(24,25)26/h1-9,11-12H,10H2. The summed E-state index contributed by atoms with van der Waals surface area (Å²) in [6, 6.07) is 8.82. The van der Waals surface area contributed by atoms with Gasteiger partial charge in [0.25, 0.3) is 0 Å². The van der Waals surface area contributed by atoms with Crippen molar-refractivity contribution in [2.75, 3.05) is 0 Å². The Bertz CT molecular complexity index is 979. The van der Waals surface area contributed by atoms with Crippen LogP contribution in [0, 0.1) is 0 Å². The first-order valence-electron chi connectivity index (χ1n) is 8.32. The van der Waals surface area contributed by atoms with Crippen molar-refractivity contribution in [3.63, 3.8) is 0 Å². The molecular formula is C20H13F6N3. The van der Waals surface area contributed by atoms with Gasteiger partial charge in [-0.25, -0.2) is 0 Å². The van der Waals surface area contributed by atoms with Crippen LogP contribution in [0.2, 0.25) is 0 Å². The zero-order chi connectivity index (χ0) is 21.1. The number of alkyl halides is 6. The zero-order valence-electron chi connectivity index (χ0n) is 14.7. The van der Waals surface area contributed by atoms with E-state index >= 15 is 0 Å². The molecular weight excluding hydrogens is 396 g/mol. The molecule has 2 aromatic rings. The Balaban J connectivity index is 1.61. The van der Waals surface area contributed by atoms with Gasteiger partial charge in [-0.1, -0.05) is 6.08 Å². The molecule has 0 fully saturated rings. The molecule has 0 aliphatic carbocycles. The second-order valence-corrected chi connectivity index (χ2v) is 6.04. The predicted molar refractivity (Wildman–Crippen MR) is 99.3 cm³/mol. The summed E-state index contributed by atoms with van der Waals surface area (Å²) in [6.07, 6.45) is -3.73. The first kappa shape index (κ1) is 20.5. The van der Waals surface area contributed by atoms with Gasteiger partial charge in [-0.2, -0.15) is 26.3 Å². The molecule has 0 unspecified atom stereocenters. The minimum absolute atomic E-state index is 0.348. The van der Waals surface area contributed by atoms with E-state index in [9.17, 15) is 26.3 Å². The van der Waals surface area contributed by atoms with E-state index in [0.29, 0.717) is 29.2 Å². The molecule has 0 N–H and O–H groups in total. The van der Waals surface area contributed by atoms with E-state index in [1.54, 1.807) is 6.08 Å². The van der Waals surface area contributed by atoms with Gasteiger partial charge in [-0.3, -0.25) is 15.0 Å². The van der Waals surface area contributed by atoms with Crippen LogP contribution in [0.1, 0.15) is 17.5 Å². The maximum absolute atomic E-state index is 12.5. The average molecular weight is 409 g/mol. The summed E-state index contributed by atoms with van der Waals surface area (Å²) in [5.41, 5.74) is 0.292. The Kier molecular flexibility index (Phi) is 5.67. The number of nitrogens with zero attached hydrogens (tertiary/aromatic N) is 3. The number of allylic oxidation sites excluding steroid dienone is 2. The van der Waals surface area contributed by atoms with Gasteiger partial charge in [-0.05, 0) is 48.5 Å². The number of hydrogen-bond acceptors (Lipinski definition) is 3. The minimum atomic E-state index is -4.40. The highest BCUT2D eigenvalue weighted by Gasteiger charge is 2.30. The van der Waals surface area contributed by atoms with Gasteiger partial charge < -0.3 is 0 Å². The van der Waals surface area contributed by atoms with E-state index in [0.717, 1.165) is 24.3 Å². The molecule has 0 bridgehead atoms. The van der Waals surface area contributed by atoms with Gasteiger partial charge in [0.2, 0.25) is 0 Å². The van der Waals surface area contributed by atoms with E-state index in [4.69, 9.17) is 0 Å². The second kappa shape index (κ2) is 8.02. The molecule has 0 amide bonds. The summed E-state index contributed by atoms with van der Waals surface area (Å²) in [5.74, 6) is 0. The lowest BCUT2D eigenvalue weighted by atomic mass is 10.2. The summed E-state index contributed by atoms with van der Waals surface area (Å²) in [4.78, 5) is 12.4. The summed E-state index contributed by atoms with van der Waals surface area (Å²) < 4.78 is 75.2. The van der Waals surface area contributed by atoms with E-state index in [2.05, 4.69) is 15.0 Å². The lowest BCUT2D eigenvalue weighted by Gasteiger charge is -2.05. The van der Waals surface area contributed by atoms with Gasteiger partial charge >= 0.3 is 12.4 Å². The van der Waals surface area contributed by atoms with Crippen LogP contribution in [0.4, 0.5) is 37.7 Å². The van der Waals surface area contributed by atoms with Crippen LogP contribution in [0.3, 0.4) is 0 Å². The van der Waals surface area contributed by atoms with E-state index in [1.807, 2.05) is 0 Å². The smallest absolute Gasteiger partial charge is 0.255 e. The summed E-state index contributed by atoms with van der Waals surface area (Å²) in [6.45, 7) is 0. The minimum Gasteiger partial charge on any atom is -0.255 e. The molecule has 0 atom stereocenters. The van der Waals surface area contributed by atoms with Crippen LogP contribution in [0.25, 0.3) is 0 Å². The van der Waals surface area contributed by atoms with Crippen molar-refractivity contribution >= 4 is 29.5 Å².